The molecule has 110 valence electrons. The molecule has 2 heterocycles. The van der Waals surface area contributed by atoms with Crippen molar-refractivity contribution in [1.82, 2.24) is 0 Å². The van der Waals surface area contributed by atoms with Gasteiger partial charge in [0.05, 0.1) is 12.0 Å². The molecule has 0 fully saturated rings. The highest BCUT2D eigenvalue weighted by molar-refractivity contribution is 7.99. The molecule has 22 heavy (non-hydrogen) atoms. The van der Waals surface area contributed by atoms with Crippen molar-refractivity contribution in [2.45, 2.75) is 16.6 Å². The highest BCUT2D eigenvalue weighted by Gasteiger charge is 2.29. The minimum Gasteiger partial charge on any atom is -0.497 e. The van der Waals surface area contributed by atoms with Crippen LogP contribution < -0.4 is 10.4 Å². The molecule has 4 rings (SSSR count). The topological polar surface area (TPSA) is 39.4 Å². The van der Waals surface area contributed by atoms with E-state index in [1.54, 1.807) is 18.9 Å². The molecule has 1 aliphatic rings. The summed E-state index contributed by atoms with van der Waals surface area (Å²) in [6.07, 6.45) is 0.846. The molecule has 3 nitrogen and oxygen atoms in total. The third kappa shape index (κ3) is 2.11. The summed E-state index contributed by atoms with van der Waals surface area (Å²) in [5.74, 6) is 0.842. The molecule has 0 amide bonds. The van der Waals surface area contributed by atoms with Gasteiger partial charge in [-0.25, -0.2) is 4.79 Å². The van der Waals surface area contributed by atoms with Crippen LogP contribution in [0.25, 0.3) is 11.0 Å². The summed E-state index contributed by atoms with van der Waals surface area (Å²) < 4.78 is 10.6. The van der Waals surface area contributed by atoms with E-state index in [0.717, 1.165) is 28.0 Å². The molecule has 1 unspecified atom stereocenters. The van der Waals surface area contributed by atoms with Gasteiger partial charge in [0, 0.05) is 10.6 Å². The van der Waals surface area contributed by atoms with Crippen LogP contribution in [0.3, 0.4) is 0 Å². The minimum absolute atomic E-state index is 0.227. The zero-order valence-corrected chi connectivity index (χ0v) is 12.9. The lowest BCUT2D eigenvalue weighted by Crippen LogP contribution is -2.02. The van der Waals surface area contributed by atoms with E-state index >= 15 is 0 Å². The molecule has 1 aromatic heterocycles. The van der Waals surface area contributed by atoms with Gasteiger partial charge in [0.1, 0.15) is 11.3 Å². The maximum atomic E-state index is 12.2. The number of hydrogen-bond donors (Lipinski definition) is 0. The molecule has 0 saturated carbocycles. The average molecular weight is 310 g/mol. The van der Waals surface area contributed by atoms with Gasteiger partial charge < -0.3 is 9.15 Å². The third-order valence-electron chi connectivity index (χ3n) is 4.01. The van der Waals surface area contributed by atoms with E-state index in [-0.39, 0.29) is 10.9 Å². The normalized spacial score (nSPS) is 16.7. The first-order chi connectivity index (χ1) is 10.8. The molecule has 0 bridgehead atoms. The fourth-order valence-electron chi connectivity index (χ4n) is 2.89. The van der Waals surface area contributed by atoms with E-state index in [1.807, 2.05) is 36.4 Å². The van der Waals surface area contributed by atoms with Crippen LogP contribution in [-0.4, -0.2) is 7.11 Å². The summed E-state index contributed by atoms with van der Waals surface area (Å²) in [7, 11) is 1.66. The van der Waals surface area contributed by atoms with Gasteiger partial charge >= 0.3 is 5.63 Å². The Bertz CT molecular complexity index is 896. The molecule has 2 aromatic carbocycles. The third-order valence-corrected chi connectivity index (χ3v) is 5.38. The number of hydrogen-bond acceptors (Lipinski definition) is 4. The number of para-hydroxylation sites is 1. The van der Waals surface area contributed by atoms with Gasteiger partial charge in [-0.1, -0.05) is 30.3 Å². The molecule has 0 saturated heterocycles. The van der Waals surface area contributed by atoms with Crippen LogP contribution in [0.5, 0.6) is 5.75 Å². The second kappa shape index (κ2) is 5.21. The Morgan fingerprint density at radius 3 is 2.68 bits per heavy atom. The van der Waals surface area contributed by atoms with Gasteiger partial charge in [-0.05, 0) is 35.7 Å². The van der Waals surface area contributed by atoms with E-state index in [1.165, 1.54) is 5.56 Å². The molecule has 4 heteroatoms. The van der Waals surface area contributed by atoms with Crippen LogP contribution in [-0.2, 0) is 6.42 Å². The fraction of sp³-hybridized carbons (Fsp3) is 0.167. The number of thioether (sulfide) groups is 1. The Balaban J connectivity index is 1.77. The van der Waals surface area contributed by atoms with Crippen molar-refractivity contribution in [2.24, 2.45) is 0 Å². The monoisotopic (exact) mass is 310 g/mol. The summed E-state index contributed by atoms with van der Waals surface area (Å²) in [6.45, 7) is 0. The maximum Gasteiger partial charge on any atom is 0.350 e. The number of benzene rings is 2. The van der Waals surface area contributed by atoms with E-state index in [2.05, 4.69) is 12.1 Å². The molecule has 0 radical (unpaired) electrons. The second-order valence-corrected chi connectivity index (χ2v) is 6.49. The minimum atomic E-state index is -0.227. The standard InChI is InChI=1S/C18H14O3S/c1-20-12-8-6-11(7-9-12)16-10-14-13-4-2-3-5-15(13)21-18(19)17(14)22-16/h2-9,16H,10H2,1H3. The van der Waals surface area contributed by atoms with Gasteiger partial charge in [0.15, 0.2) is 0 Å². The van der Waals surface area contributed by atoms with Gasteiger partial charge in [-0.2, -0.15) is 0 Å². The summed E-state index contributed by atoms with van der Waals surface area (Å²) in [6, 6.07) is 15.8. The predicted molar refractivity (Wildman–Crippen MR) is 87.8 cm³/mol. The van der Waals surface area contributed by atoms with Crippen LogP contribution in [0.2, 0.25) is 0 Å². The van der Waals surface area contributed by atoms with E-state index in [9.17, 15) is 4.79 Å². The van der Waals surface area contributed by atoms with Crippen LogP contribution in [0.1, 0.15) is 16.4 Å². The SMILES string of the molecule is COc1ccc(C2Cc3c(c(=O)oc4ccccc34)S2)cc1. The largest absolute Gasteiger partial charge is 0.497 e. The van der Waals surface area contributed by atoms with Gasteiger partial charge in [0.25, 0.3) is 0 Å². The van der Waals surface area contributed by atoms with Crippen molar-refractivity contribution in [2.75, 3.05) is 7.11 Å². The summed E-state index contributed by atoms with van der Waals surface area (Å²) >= 11 is 1.60. The molecule has 0 spiro atoms. The zero-order valence-electron chi connectivity index (χ0n) is 12.0. The van der Waals surface area contributed by atoms with Crippen molar-refractivity contribution in [3.8, 4) is 5.75 Å². The number of fused-ring (bicyclic) bond motifs is 3. The van der Waals surface area contributed by atoms with Crippen molar-refractivity contribution >= 4 is 22.7 Å². The Labute approximate surface area is 131 Å². The van der Waals surface area contributed by atoms with Crippen LogP contribution in [0, 0.1) is 0 Å². The van der Waals surface area contributed by atoms with Crippen molar-refractivity contribution in [3.63, 3.8) is 0 Å². The molecular formula is C18H14O3S. The van der Waals surface area contributed by atoms with Gasteiger partial charge in [-0.3, -0.25) is 0 Å². The average Bonchev–Trinajstić information content (AvgIpc) is 3.01. The summed E-state index contributed by atoms with van der Waals surface area (Å²) in [5, 5.41) is 1.29. The maximum absolute atomic E-state index is 12.2. The first kappa shape index (κ1) is 13.5. The second-order valence-electron chi connectivity index (χ2n) is 5.28. The fourth-order valence-corrected chi connectivity index (χ4v) is 4.19. The lowest BCUT2D eigenvalue weighted by atomic mass is 10.0. The Morgan fingerprint density at radius 2 is 1.91 bits per heavy atom. The van der Waals surface area contributed by atoms with E-state index in [0.29, 0.717) is 5.58 Å². The first-order valence-electron chi connectivity index (χ1n) is 7.11. The Morgan fingerprint density at radius 1 is 1.14 bits per heavy atom. The summed E-state index contributed by atoms with van der Waals surface area (Å²) in [4.78, 5) is 12.9. The van der Waals surface area contributed by atoms with Crippen LogP contribution in [0.4, 0.5) is 0 Å². The number of methoxy groups -OCH3 is 1. The molecule has 0 N–H and O–H groups in total. The smallest absolute Gasteiger partial charge is 0.350 e. The lowest BCUT2D eigenvalue weighted by Gasteiger charge is -2.09. The molecule has 3 aromatic rings. The quantitative estimate of drug-likeness (QED) is 0.665. The number of ether oxygens (including phenoxy) is 1. The molecule has 1 atom stereocenters. The lowest BCUT2D eigenvalue weighted by molar-refractivity contribution is 0.414. The van der Waals surface area contributed by atoms with Crippen molar-refractivity contribution in [3.05, 3.63) is 70.1 Å². The molecular weight excluding hydrogens is 296 g/mol. The zero-order chi connectivity index (χ0) is 15.1. The van der Waals surface area contributed by atoms with Crippen molar-refractivity contribution < 1.29 is 9.15 Å². The summed E-state index contributed by atoms with van der Waals surface area (Å²) in [5.41, 5.74) is 2.75. The highest BCUT2D eigenvalue weighted by Crippen LogP contribution is 2.47. The Hall–Kier alpha value is -2.20. The van der Waals surface area contributed by atoms with Gasteiger partial charge in [-0.15, -0.1) is 11.8 Å². The molecule has 1 aliphatic heterocycles. The number of rotatable bonds is 2. The van der Waals surface area contributed by atoms with Gasteiger partial charge in [0.2, 0.25) is 0 Å². The first-order valence-corrected chi connectivity index (χ1v) is 7.99. The van der Waals surface area contributed by atoms with E-state index < -0.39 is 0 Å². The van der Waals surface area contributed by atoms with E-state index in [4.69, 9.17) is 9.15 Å². The predicted octanol–water partition coefficient (Wildman–Crippen LogP) is 4.19. The highest BCUT2D eigenvalue weighted by atomic mass is 32.2. The Kier molecular flexibility index (Phi) is 3.19. The molecule has 0 aliphatic carbocycles. The van der Waals surface area contributed by atoms with Crippen LogP contribution in [0.15, 0.2) is 62.6 Å². The van der Waals surface area contributed by atoms with Crippen LogP contribution >= 0.6 is 11.8 Å². The van der Waals surface area contributed by atoms with Crippen molar-refractivity contribution in [1.29, 1.82) is 0 Å².